The third-order valence-electron chi connectivity index (χ3n) is 3.44. The number of carbonyl (C=O) groups excluding carboxylic acids is 1. The fourth-order valence-electron chi connectivity index (χ4n) is 2.17. The van der Waals surface area contributed by atoms with Crippen molar-refractivity contribution in [2.75, 3.05) is 12.3 Å². The second-order valence-corrected chi connectivity index (χ2v) is 5.27. The summed E-state index contributed by atoms with van der Waals surface area (Å²) in [5.74, 6) is -6.21. The van der Waals surface area contributed by atoms with E-state index in [1.54, 1.807) is 0 Å². The Kier molecular flexibility index (Phi) is 5.33. The summed E-state index contributed by atoms with van der Waals surface area (Å²) in [5.41, 5.74) is 4.18. The summed E-state index contributed by atoms with van der Waals surface area (Å²) in [6, 6.07) is 1.10. The van der Waals surface area contributed by atoms with Gasteiger partial charge in [-0.3, -0.25) is 14.2 Å². The summed E-state index contributed by atoms with van der Waals surface area (Å²) in [6.07, 6.45) is -6.13. The Morgan fingerprint density at radius 3 is 2.72 bits per heavy atom. The molecule has 2 heterocycles. The van der Waals surface area contributed by atoms with Crippen LogP contribution in [0.3, 0.4) is 0 Å². The molecule has 1 aliphatic heterocycles. The molecule has 4 N–H and O–H groups in total. The van der Waals surface area contributed by atoms with Crippen LogP contribution in [0.2, 0.25) is 0 Å². The number of carboxylic acid groups (broad SMARTS) is 1. The molecule has 138 valence electrons. The quantitative estimate of drug-likeness (QED) is 0.547. The molecular formula is C13H15F2N3O7. The maximum atomic E-state index is 14.2. The van der Waals surface area contributed by atoms with E-state index in [1.807, 2.05) is 0 Å². The fourth-order valence-corrected chi connectivity index (χ4v) is 2.17. The van der Waals surface area contributed by atoms with Gasteiger partial charge in [0.2, 0.25) is 6.23 Å². The van der Waals surface area contributed by atoms with Gasteiger partial charge in [-0.2, -0.15) is 13.8 Å². The molecule has 1 saturated heterocycles. The zero-order chi connectivity index (χ0) is 18.8. The van der Waals surface area contributed by atoms with Crippen molar-refractivity contribution in [3.63, 3.8) is 0 Å². The summed E-state index contributed by atoms with van der Waals surface area (Å²) < 4.78 is 38.4. The molecule has 3 atom stereocenters. The average molecular weight is 363 g/mol. The van der Waals surface area contributed by atoms with Crippen molar-refractivity contribution >= 4 is 17.8 Å². The molecule has 1 fully saturated rings. The lowest BCUT2D eigenvalue weighted by molar-refractivity contribution is -0.153. The van der Waals surface area contributed by atoms with Crippen LogP contribution in [0.1, 0.15) is 19.1 Å². The van der Waals surface area contributed by atoms with Gasteiger partial charge in [-0.05, 0) is 6.07 Å². The van der Waals surface area contributed by atoms with Gasteiger partial charge in [-0.15, -0.1) is 0 Å². The molecule has 1 aliphatic rings. The first-order valence-corrected chi connectivity index (χ1v) is 7.06. The highest BCUT2D eigenvalue weighted by Gasteiger charge is 2.60. The molecule has 0 bridgehead atoms. The van der Waals surface area contributed by atoms with Crippen LogP contribution in [0.15, 0.2) is 17.1 Å². The molecule has 0 radical (unpaired) electrons. The summed E-state index contributed by atoms with van der Waals surface area (Å²) in [4.78, 5) is 36.6. The molecule has 25 heavy (non-hydrogen) atoms. The first-order valence-electron chi connectivity index (χ1n) is 7.06. The van der Waals surface area contributed by atoms with Crippen molar-refractivity contribution in [2.45, 2.75) is 37.2 Å². The van der Waals surface area contributed by atoms with Gasteiger partial charge in [0.1, 0.15) is 18.5 Å². The lowest BCUT2D eigenvalue weighted by atomic mass is 10.1. The van der Waals surface area contributed by atoms with Gasteiger partial charge in [0.25, 0.3) is 0 Å². The molecule has 0 spiro atoms. The van der Waals surface area contributed by atoms with E-state index in [1.165, 1.54) is 0 Å². The number of rotatable bonds is 6. The van der Waals surface area contributed by atoms with Gasteiger partial charge < -0.3 is 25.4 Å². The Labute approximate surface area is 138 Å². The van der Waals surface area contributed by atoms with Gasteiger partial charge in [-0.1, -0.05) is 0 Å². The van der Waals surface area contributed by atoms with E-state index in [2.05, 4.69) is 9.72 Å². The lowest BCUT2D eigenvalue weighted by Gasteiger charge is -2.20. The first kappa shape index (κ1) is 18.7. The molecule has 2 rings (SSSR count). The summed E-state index contributed by atoms with van der Waals surface area (Å²) in [6.45, 7) is -0.733. The highest BCUT2D eigenvalue weighted by atomic mass is 19.3. The van der Waals surface area contributed by atoms with Crippen molar-refractivity contribution in [2.24, 2.45) is 0 Å². The minimum Gasteiger partial charge on any atom is -0.481 e. The van der Waals surface area contributed by atoms with Crippen LogP contribution in [-0.2, 0) is 19.1 Å². The van der Waals surface area contributed by atoms with E-state index in [9.17, 15) is 28.3 Å². The molecule has 0 aromatic carbocycles. The van der Waals surface area contributed by atoms with Crippen LogP contribution >= 0.6 is 0 Å². The zero-order valence-electron chi connectivity index (χ0n) is 12.7. The normalized spacial score (nSPS) is 24.8. The van der Waals surface area contributed by atoms with Crippen LogP contribution in [0.4, 0.5) is 14.6 Å². The Morgan fingerprint density at radius 2 is 2.12 bits per heavy atom. The average Bonchev–Trinajstić information content (AvgIpc) is 2.74. The summed E-state index contributed by atoms with van der Waals surface area (Å²) in [7, 11) is 0. The number of hydrogen-bond acceptors (Lipinski definition) is 8. The number of aromatic nitrogens is 2. The van der Waals surface area contributed by atoms with E-state index in [-0.39, 0.29) is 5.82 Å². The van der Waals surface area contributed by atoms with Crippen LogP contribution < -0.4 is 11.4 Å². The SMILES string of the molecule is Nc1ccn([C@@H]2O[C@H](COC(=O)CCC(=O)O)[C@@H](O)C2(F)F)c(=O)n1. The van der Waals surface area contributed by atoms with Crippen LogP contribution in [0, 0.1) is 0 Å². The van der Waals surface area contributed by atoms with Crippen molar-refractivity contribution in [3.05, 3.63) is 22.7 Å². The molecule has 10 nitrogen and oxygen atoms in total. The number of aliphatic hydroxyl groups is 1. The number of nitrogens with zero attached hydrogens (tertiary/aromatic N) is 2. The van der Waals surface area contributed by atoms with E-state index in [0.29, 0.717) is 4.57 Å². The van der Waals surface area contributed by atoms with E-state index in [4.69, 9.17) is 15.6 Å². The largest absolute Gasteiger partial charge is 0.481 e. The Hall–Kier alpha value is -2.60. The predicted octanol–water partition coefficient (Wildman–Crippen LogP) is -0.873. The third-order valence-corrected chi connectivity index (χ3v) is 3.44. The molecule has 1 aromatic rings. The number of esters is 1. The van der Waals surface area contributed by atoms with Gasteiger partial charge in [0.15, 0.2) is 6.10 Å². The van der Waals surface area contributed by atoms with Crippen molar-refractivity contribution < 1.29 is 38.1 Å². The van der Waals surface area contributed by atoms with Crippen molar-refractivity contribution in [3.8, 4) is 0 Å². The summed E-state index contributed by atoms with van der Waals surface area (Å²) in [5, 5.41) is 18.1. The Bertz CT molecular complexity index is 724. The smallest absolute Gasteiger partial charge is 0.351 e. The van der Waals surface area contributed by atoms with Crippen molar-refractivity contribution in [1.29, 1.82) is 0 Å². The highest BCUT2D eigenvalue weighted by molar-refractivity contribution is 5.76. The number of nitrogens with two attached hydrogens (primary N) is 1. The first-order chi connectivity index (χ1) is 11.6. The van der Waals surface area contributed by atoms with Gasteiger partial charge in [0, 0.05) is 6.20 Å². The highest BCUT2D eigenvalue weighted by Crippen LogP contribution is 2.42. The Morgan fingerprint density at radius 1 is 1.44 bits per heavy atom. The standard InChI is InChI=1S/C13H15F2N3O7/c14-13(15)10(22)6(5-24-9(21)2-1-8(19)20)25-11(13)18-4-3-7(16)17-12(18)23/h3-4,6,10-11,22H,1-2,5H2,(H,19,20)(H2,16,17,23)/t6-,10-,11-/m1/s1. The topological polar surface area (TPSA) is 154 Å². The number of aliphatic carboxylic acids is 1. The summed E-state index contributed by atoms with van der Waals surface area (Å²) >= 11 is 0. The molecular weight excluding hydrogens is 348 g/mol. The second-order valence-electron chi connectivity index (χ2n) is 5.27. The number of halogens is 2. The van der Waals surface area contributed by atoms with E-state index in [0.717, 1.165) is 12.3 Å². The van der Waals surface area contributed by atoms with Gasteiger partial charge in [0.05, 0.1) is 12.8 Å². The number of aliphatic hydroxyl groups excluding tert-OH is 1. The number of alkyl halides is 2. The molecule has 1 aromatic heterocycles. The van der Waals surface area contributed by atoms with Crippen LogP contribution in [0.25, 0.3) is 0 Å². The predicted molar refractivity (Wildman–Crippen MR) is 75.6 cm³/mol. The minimum absolute atomic E-state index is 0.174. The van der Waals surface area contributed by atoms with E-state index < -0.39 is 61.4 Å². The van der Waals surface area contributed by atoms with Gasteiger partial charge >= 0.3 is 23.6 Å². The molecule has 0 amide bonds. The molecule has 0 saturated carbocycles. The second kappa shape index (κ2) is 7.11. The monoisotopic (exact) mass is 363 g/mol. The van der Waals surface area contributed by atoms with Crippen molar-refractivity contribution in [1.82, 2.24) is 9.55 Å². The third kappa shape index (κ3) is 4.09. The van der Waals surface area contributed by atoms with Crippen LogP contribution in [0.5, 0.6) is 0 Å². The maximum absolute atomic E-state index is 14.2. The van der Waals surface area contributed by atoms with E-state index >= 15 is 0 Å². The van der Waals surface area contributed by atoms with Crippen LogP contribution in [-0.4, -0.2) is 56.4 Å². The number of nitrogen functional groups attached to an aromatic ring is 1. The lowest BCUT2D eigenvalue weighted by Crippen LogP contribution is -2.42. The zero-order valence-corrected chi connectivity index (χ0v) is 12.7. The molecule has 0 unspecified atom stereocenters. The number of anilines is 1. The molecule has 0 aliphatic carbocycles. The minimum atomic E-state index is -3.86. The fraction of sp³-hybridized carbons (Fsp3) is 0.538. The number of ether oxygens (including phenoxy) is 2. The Balaban J connectivity index is 2.07. The number of hydrogen-bond donors (Lipinski definition) is 3. The number of carbonyl (C=O) groups is 2. The maximum Gasteiger partial charge on any atom is 0.351 e. The molecule has 12 heteroatoms. The van der Waals surface area contributed by atoms with Gasteiger partial charge in [-0.25, -0.2) is 4.79 Å². The number of carboxylic acids is 1.